The van der Waals surface area contributed by atoms with Gasteiger partial charge in [-0.05, 0) is 140 Å². The minimum atomic E-state index is 1.07. The molecule has 0 aromatic heterocycles. The van der Waals surface area contributed by atoms with Crippen LogP contribution in [0.15, 0.2) is 279 Å². The maximum absolute atomic E-state index is 2.38. The van der Waals surface area contributed by atoms with Crippen molar-refractivity contribution in [2.45, 2.75) is 0 Å². The molecule has 0 saturated carbocycles. The summed E-state index contributed by atoms with van der Waals surface area (Å²) in [6.07, 6.45) is 0. The van der Waals surface area contributed by atoms with Gasteiger partial charge in [-0.1, -0.05) is 200 Å². The van der Waals surface area contributed by atoms with Gasteiger partial charge in [0.25, 0.3) is 0 Å². The molecule has 0 heterocycles. The van der Waals surface area contributed by atoms with Crippen molar-refractivity contribution in [3.63, 3.8) is 0 Å². The van der Waals surface area contributed by atoms with Crippen molar-refractivity contribution in [1.29, 1.82) is 0 Å². The molecule has 0 atom stereocenters. The standard InChI is InChI=1S/C64H46N2/c1-4-15-47(16-5-1)50-29-35-58(36-30-50)65(59-37-31-51(32-38-59)56-25-12-23-54(45-56)48-17-6-2-7-18-48)60-41-43-62(44-42-60)66(64-28-14-22-53-21-10-11-27-63(53)64)61-39-33-52(34-40-61)57-26-13-24-55(46-57)49-19-8-3-9-20-49/h1-46H. The maximum Gasteiger partial charge on any atom is 0.0540 e. The molecule has 2 nitrogen and oxygen atoms in total. The average Bonchev–Trinajstić information content (AvgIpc) is 3.41. The predicted octanol–water partition coefficient (Wildman–Crippen LogP) is 18.1. The summed E-state index contributed by atoms with van der Waals surface area (Å²) in [5.74, 6) is 0. The molecule has 0 aliphatic rings. The Morgan fingerprint density at radius 2 is 0.455 bits per heavy atom. The molecule has 0 amide bonds. The van der Waals surface area contributed by atoms with Crippen molar-refractivity contribution in [1.82, 2.24) is 0 Å². The molecular formula is C64H46N2. The van der Waals surface area contributed by atoms with Crippen LogP contribution < -0.4 is 9.80 Å². The molecule has 2 heteroatoms. The molecule has 0 radical (unpaired) electrons. The second-order valence-corrected chi connectivity index (χ2v) is 16.6. The highest BCUT2D eigenvalue weighted by atomic mass is 15.2. The number of rotatable bonds is 11. The largest absolute Gasteiger partial charge is 0.311 e. The second kappa shape index (κ2) is 18.2. The van der Waals surface area contributed by atoms with Crippen molar-refractivity contribution >= 4 is 44.9 Å². The fourth-order valence-corrected chi connectivity index (χ4v) is 9.09. The first-order valence-corrected chi connectivity index (χ1v) is 22.6. The topological polar surface area (TPSA) is 6.48 Å². The SMILES string of the molecule is c1ccc(-c2ccc(N(c3ccc(-c4cccc(-c5ccccc5)c4)cc3)c3ccc(N(c4ccc(-c5cccc(-c6ccccc6)c5)cc4)c4cccc5ccccc45)cc3)cc2)cc1. The number of benzene rings is 11. The first-order chi connectivity index (χ1) is 32.7. The van der Waals surface area contributed by atoms with Crippen LogP contribution in [-0.4, -0.2) is 0 Å². The van der Waals surface area contributed by atoms with Crippen molar-refractivity contribution in [2.75, 3.05) is 9.80 Å². The molecule has 11 aromatic carbocycles. The Labute approximate surface area is 387 Å². The van der Waals surface area contributed by atoms with E-state index in [1.54, 1.807) is 0 Å². The number of anilines is 6. The van der Waals surface area contributed by atoms with Gasteiger partial charge < -0.3 is 9.80 Å². The van der Waals surface area contributed by atoms with Gasteiger partial charge in [0.1, 0.15) is 0 Å². The van der Waals surface area contributed by atoms with Crippen LogP contribution >= 0.6 is 0 Å². The lowest BCUT2D eigenvalue weighted by atomic mass is 9.98. The zero-order valence-corrected chi connectivity index (χ0v) is 36.5. The Morgan fingerprint density at radius 1 is 0.182 bits per heavy atom. The van der Waals surface area contributed by atoms with Gasteiger partial charge in [-0.3, -0.25) is 0 Å². The van der Waals surface area contributed by atoms with E-state index >= 15 is 0 Å². The molecule has 0 N–H and O–H groups in total. The molecule has 312 valence electrons. The van der Waals surface area contributed by atoms with E-state index in [0.29, 0.717) is 0 Å². The summed E-state index contributed by atoms with van der Waals surface area (Å²) in [6.45, 7) is 0. The Hall–Kier alpha value is -8.72. The molecule has 0 aliphatic heterocycles. The Balaban J connectivity index is 0.969. The van der Waals surface area contributed by atoms with Crippen molar-refractivity contribution in [3.05, 3.63) is 279 Å². The van der Waals surface area contributed by atoms with Gasteiger partial charge in [-0.15, -0.1) is 0 Å². The van der Waals surface area contributed by atoms with Crippen LogP contribution in [0.1, 0.15) is 0 Å². The van der Waals surface area contributed by atoms with Crippen molar-refractivity contribution < 1.29 is 0 Å². The molecule has 66 heavy (non-hydrogen) atoms. The second-order valence-electron chi connectivity index (χ2n) is 16.6. The van der Waals surface area contributed by atoms with Gasteiger partial charge in [0.15, 0.2) is 0 Å². The van der Waals surface area contributed by atoms with Crippen LogP contribution in [-0.2, 0) is 0 Å². The summed E-state index contributed by atoms with van der Waals surface area (Å²) in [7, 11) is 0. The summed E-state index contributed by atoms with van der Waals surface area (Å²) in [4.78, 5) is 4.73. The molecule has 0 saturated heterocycles. The minimum absolute atomic E-state index is 1.07. The van der Waals surface area contributed by atoms with Gasteiger partial charge in [0.05, 0.1) is 5.69 Å². The summed E-state index contributed by atoms with van der Waals surface area (Å²) in [5, 5.41) is 2.39. The average molecular weight is 843 g/mol. The van der Waals surface area contributed by atoms with E-state index in [4.69, 9.17) is 0 Å². The lowest BCUT2D eigenvalue weighted by Gasteiger charge is -2.29. The first-order valence-electron chi connectivity index (χ1n) is 22.6. The first kappa shape index (κ1) is 40.1. The van der Waals surface area contributed by atoms with Gasteiger partial charge in [0.2, 0.25) is 0 Å². The van der Waals surface area contributed by atoms with Gasteiger partial charge in [0, 0.05) is 33.8 Å². The number of hydrogen-bond acceptors (Lipinski definition) is 2. The molecule has 11 rings (SSSR count). The van der Waals surface area contributed by atoms with Crippen LogP contribution in [0.4, 0.5) is 34.1 Å². The fourth-order valence-electron chi connectivity index (χ4n) is 9.09. The summed E-state index contributed by atoms with van der Waals surface area (Å²) in [5.41, 5.74) is 18.5. The molecule has 0 spiro atoms. The summed E-state index contributed by atoms with van der Waals surface area (Å²) in [6, 6.07) is 100. The van der Waals surface area contributed by atoms with Crippen LogP contribution in [0, 0.1) is 0 Å². The van der Waals surface area contributed by atoms with Crippen molar-refractivity contribution in [2.24, 2.45) is 0 Å². The van der Waals surface area contributed by atoms with Crippen LogP contribution in [0.25, 0.3) is 66.4 Å². The maximum atomic E-state index is 2.38. The van der Waals surface area contributed by atoms with E-state index in [-0.39, 0.29) is 0 Å². The molecule has 0 aliphatic carbocycles. The number of nitrogens with zero attached hydrogens (tertiary/aromatic N) is 2. The fraction of sp³-hybridized carbons (Fsp3) is 0. The third-order valence-corrected chi connectivity index (χ3v) is 12.5. The van der Waals surface area contributed by atoms with E-state index < -0.39 is 0 Å². The molecule has 0 bridgehead atoms. The van der Waals surface area contributed by atoms with E-state index in [2.05, 4.69) is 289 Å². The Morgan fingerprint density at radius 3 is 0.879 bits per heavy atom. The molecule has 11 aromatic rings. The summed E-state index contributed by atoms with van der Waals surface area (Å²) >= 11 is 0. The van der Waals surface area contributed by atoms with Crippen LogP contribution in [0.3, 0.4) is 0 Å². The zero-order chi connectivity index (χ0) is 44.1. The Bertz CT molecular complexity index is 3360. The lowest BCUT2D eigenvalue weighted by molar-refractivity contribution is 1.26. The van der Waals surface area contributed by atoms with Crippen molar-refractivity contribution in [3.8, 4) is 55.6 Å². The van der Waals surface area contributed by atoms with E-state index in [9.17, 15) is 0 Å². The highest BCUT2D eigenvalue weighted by Crippen LogP contribution is 2.43. The van der Waals surface area contributed by atoms with Gasteiger partial charge in [-0.25, -0.2) is 0 Å². The molecule has 0 fully saturated rings. The quantitative estimate of drug-likeness (QED) is 0.128. The summed E-state index contributed by atoms with van der Waals surface area (Å²) < 4.78 is 0. The highest BCUT2D eigenvalue weighted by molar-refractivity contribution is 5.99. The normalized spacial score (nSPS) is 11.0. The van der Waals surface area contributed by atoms with Gasteiger partial charge >= 0.3 is 0 Å². The predicted molar refractivity (Wildman–Crippen MR) is 280 cm³/mol. The van der Waals surface area contributed by atoms with E-state index in [1.807, 2.05) is 0 Å². The Kier molecular flexibility index (Phi) is 11.0. The van der Waals surface area contributed by atoms with E-state index in [0.717, 1.165) is 34.1 Å². The molecular weight excluding hydrogens is 797 g/mol. The van der Waals surface area contributed by atoms with Gasteiger partial charge in [-0.2, -0.15) is 0 Å². The van der Waals surface area contributed by atoms with Crippen LogP contribution in [0.2, 0.25) is 0 Å². The number of hydrogen-bond donors (Lipinski definition) is 0. The third-order valence-electron chi connectivity index (χ3n) is 12.5. The molecule has 0 unspecified atom stereocenters. The lowest BCUT2D eigenvalue weighted by Crippen LogP contribution is -2.12. The number of fused-ring (bicyclic) bond motifs is 1. The third kappa shape index (κ3) is 8.28. The zero-order valence-electron chi connectivity index (χ0n) is 36.5. The van der Waals surface area contributed by atoms with E-state index in [1.165, 1.54) is 66.4 Å². The van der Waals surface area contributed by atoms with Crippen LogP contribution in [0.5, 0.6) is 0 Å². The smallest absolute Gasteiger partial charge is 0.0540 e. The highest BCUT2D eigenvalue weighted by Gasteiger charge is 2.19. The minimum Gasteiger partial charge on any atom is -0.311 e. The monoisotopic (exact) mass is 842 g/mol.